The molecule has 0 aliphatic carbocycles. The Morgan fingerprint density at radius 1 is 1.48 bits per heavy atom. The Morgan fingerprint density at radius 3 is 2.59 bits per heavy atom. The second kappa shape index (κ2) is 10.5. The number of carboxylic acid groups (broad SMARTS) is 1. The van der Waals surface area contributed by atoms with Crippen molar-refractivity contribution in [3.63, 3.8) is 0 Å². The summed E-state index contributed by atoms with van der Waals surface area (Å²) < 4.78 is 4.81. The molecule has 27 heavy (non-hydrogen) atoms. The van der Waals surface area contributed by atoms with Gasteiger partial charge in [-0.25, -0.2) is 4.79 Å². The second-order valence-electron chi connectivity index (χ2n) is 5.34. The van der Waals surface area contributed by atoms with Crippen LogP contribution in [-0.2, 0) is 23.9 Å². The van der Waals surface area contributed by atoms with Gasteiger partial charge in [0.1, 0.15) is 30.1 Å². The third-order valence-electron chi connectivity index (χ3n) is 3.38. The molecule has 2 rings (SSSR count). The molecular weight excluding hydrogens is 380 g/mol. The number of esters is 1. The summed E-state index contributed by atoms with van der Waals surface area (Å²) in [6.45, 7) is 1.47. The molecule has 0 aromatic rings. The molecule has 0 spiro atoms. The monoisotopic (exact) mass is 400 g/mol. The molecular formula is C15H20N4O7S. The molecule has 2 aliphatic heterocycles. The predicted octanol–water partition coefficient (Wildman–Crippen LogP) is -1.86. The molecule has 0 aromatic heterocycles. The molecule has 1 fully saturated rings. The zero-order valence-corrected chi connectivity index (χ0v) is 15.3. The number of nitrogens with zero attached hydrogens (tertiary/aromatic N) is 2. The van der Waals surface area contributed by atoms with Crippen molar-refractivity contribution in [2.24, 2.45) is 5.73 Å². The topological polar surface area (TPSA) is 183 Å². The first kappa shape index (κ1) is 22.4. The van der Waals surface area contributed by atoms with Crippen molar-refractivity contribution in [1.82, 2.24) is 10.2 Å². The molecule has 2 aliphatic rings. The van der Waals surface area contributed by atoms with Crippen LogP contribution in [0.5, 0.6) is 0 Å². The number of carbonyl (C=O) groups is 4. The highest BCUT2D eigenvalue weighted by Gasteiger charge is 2.54. The van der Waals surface area contributed by atoms with Crippen molar-refractivity contribution in [3.05, 3.63) is 11.3 Å². The van der Waals surface area contributed by atoms with E-state index in [-0.39, 0.29) is 31.1 Å². The average Bonchev–Trinajstić information content (AvgIpc) is 2.63. The van der Waals surface area contributed by atoms with Crippen LogP contribution in [0.2, 0.25) is 0 Å². The van der Waals surface area contributed by atoms with Gasteiger partial charge in [0.05, 0.1) is 12.7 Å². The summed E-state index contributed by atoms with van der Waals surface area (Å²) in [6.07, 6.45) is -0.375. The van der Waals surface area contributed by atoms with Gasteiger partial charge in [-0.1, -0.05) is 0 Å². The van der Waals surface area contributed by atoms with Gasteiger partial charge in [-0.2, -0.15) is 5.26 Å². The lowest BCUT2D eigenvalue weighted by Crippen LogP contribution is -2.70. The molecule has 0 radical (unpaired) electrons. The number of rotatable bonds is 6. The number of ether oxygens (including phenoxy) is 1. The van der Waals surface area contributed by atoms with Crippen LogP contribution in [0.15, 0.2) is 11.3 Å². The van der Waals surface area contributed by atoms with Crippen LogP contribution in [0.1, 0.15) is 13.3 Å². The molecule has 148 valence electrons. The molecule has 2 amide bonds. The number of nitrogens with two attached hydrogens (primary N) is 1. The fourth-order valence-corrected chi connectivity index (χ4v) is 3.61. The summed E-state index contributed by atoms with van der Waals surface area (Å²) >= 11 is 1.26. The number of hydrogen-bond acceptors (Lipinski definition) is 9. The minimum Gasteiger partial charge on any atom is -0.477 e. The van der Waals surface area contributed by atoms with Crippen molar-refractivity contribution in [3.8, 4) is 6.07 Å². The smallest absolute Gasteiger partial charge is 0.352 e. The van der Waals surface area contributed by atoms with E-state index in [1.54, 1.807) is 6.07 Å². The highest BCUT2D eigenvalue weighted by molar-refractivity contribution is 8.00. The number of carbonyl (C=O) groups excluding carboxylic acids is 3. The normalized spacial score (nSPS) is 20.4. The van der Waals surface area contributed by atoms with E-state index >= 15 is 0 Å². The predicted molar refractivity (Wildman–Crippen MR) is 92.7 cm³/mol. The molecule has 11 nitrogen and oxygen atoms in total. The maximum Gasteiger partial charge on any atom is 0.352 e. The van der Waals surface area contributed by atoms with E-state index in [0.717, 1.165) is 4.90 Å². The second-order valence-corrected chi connectivity index (χ2v) is 6.44. The third-order valence-corrected chi connectivity index (χ3v) is 4.72. The van der Waals surface area contributed by atoms with Gasteiger partial charge < -0.3 is 26.0 Å². The fourth-order valence-electron chi connectivity index (χ4n) is 2.28. The van der Waals surface area contributed by atoms with Gasteiger partial charge in [0, 0.05) is 24.8 Å². The number of aliphatic hydroxyl groups is 1. The number of carboxylic acids is 1. The van der Waals surface area contributed by atoms with Crippen molar-refractivity contribution >= 4 is 35.5 Å². The van der Waals surface area contributed by atoms with Crippen molar-refractivity contribution in [2.45, 2.75) is 24.8 Å². The van der Waals surface area contributed by atoms with Crippen LogP contribution in [0.3, 0.4) is 0 Å². The maximum atomic E-state index is 12.1. The summed E-state index contributed by atoms with van der Waals surface area (Å²) in [5, 5.41) is 27.4. The lowest BCUT2D eigenvalue weighted by atomic mass is 10.0. The quantitative estimate of drug-likeness (QED) is 0.291. The number of nitriles is 1. The van der Waals surface area contributed by atoms with Crippen molar-refractivity contribution < 1.29 is 34.1 Å². The molecule has 12 heteroatoms. The van der Waals surface area contributed by atoms with Crippen LogP contribution >= 0.6 is 11.8 Å². The number of β-lactam (4-membered cyclic amide) rings is 1. The highest BCUT2D eigenvalue weighted by atomic mass is 32.2. The largest absolute Gasteiger partial charge is 0.477 e. The molecule has 2 heterocycles. The molecule has 0 aromatic carbocycles. The molecule has 0 unspecified atom stereocenters. The Kier molecular flexibility index (Phi) is 8.73. The lowest BCUT2D eigenvalue weighted by Gasteiger charge is -2.49. The zero-order valence-electron chi connectivity index (χ0n) is 14.5. The number of aliphatic carboxylic acids is 1. The van der Waals surface area contributed by atoms with Crippen LogP contribution in [0.25, 0.3) is 0 Å². The SMILES string of the molecule is CC(=O)OCC1=C(C(=O)O)N2C(=O)[C@@H](NC(=O)CC#N)[C@H]2SC1.NCCO. The van der Waals surface area contributed by atoms with Crippen LogP contribution in [0.4, 0.5) is 0 Å². The van der Waals surface area contributed by atoms with Gasteiger partial charge in [-0.15, -0.1) is 11.8 Å². The van der Waals surface area contributed by atoms with Gasteiger partial charge >= 0.3 is 11.9 Å². The Morgan fingerprint density at radius 2 is 2.11 bits per heavy atom. The first-order valence-corrected chi connectivity index (χ1v) is 8.83. The minimum absolute atomic E-state index is 0.0972. The van der Waals surface area contributed by atoms with E-state index in [1.807, 2.05) is 0 Å². The molecule has 2 atom stereocenters. The van der Waals surface area contributed by atoms with E-state index < -0.39 is 35.2 Å². The summed E-state index contributed by atoms with van der Waals surface area (Å²) in [4.78, 5) is 47.0. The lowest BCUT2D eigenvalue weighted by molar-refractivity contribution is -0.150. The van der Waals surface area contributed by atoms with E-state index in [9.17, 15) is 24.3 Å². The summed E-state index contributed by atoms with van der Waals surface area (Å²) in [6, 6.07) is 0.818. The number of nitrogens with one attached hydrogen (secondary N) is 1. The van der Waals surface area contributed by atoms with Crippen LogP contribution < -0.4 is 11.1 Å². The van der Waals surface area contributed by atoms with Gasteiger partial charge in [-0.05, 0) is 0 Å². The van der Waals surface area contributed by atoms with E-state index in [2.05, 4.69) is 5.32 Å². The van der Waals surface area contributed by atoms with Crippen molar-refractivity contribution in [2.75, 3.05) is 25.5 Å². The molecule has 0 saturated carbocycles. The average molecular weight is 400 g/mol. The molecule has 0 bridgehead atoms. The van der Waals surface area contributed by atoms with Crippen LogP contribution in [-0.4, -0.2) is 75.8 Å². The Balaban J connectivity index is 0.000000828. The Labute approximate surface area is 159 Å². The van der Waals surface area contributed by atoms with Gasteiger partial charge in [0.15, 0.2) is 0 Å². The van der Waals surface area contributed by atoms with E-state index in [0.29, 0.717) is 12.1 Å². The number of aliphatic hydroxyl groups excluding tert-OH is 1. The maximum absolute atomic E-state index is 12.1. The van der Waals surface area contributed by atoms with Crippen LogP contribution in [0, 0.1) is 11.3 Å². The minimum atomic E-state index is -1.30. The number of thioether (sulfide) groups is 1. The summed E-state index contributed by atoms with van der Waals surface area (Å²) in [5.74, 6) is -2.74. The number of amides is 2. The van der Waals surface area contributed by atoms with Gasteiger partial charge in [0.2, 0.25) is 5.91 Å². The van der Waals surface area contributed by atoms with E-state index in [1.165, 1.54) is 18.7 Å². The standard InChI is InChI=1S/C13H13N3O6S.C2H7NO/c1-6(17)22-4-7-5-23-12-9(15-8(18)2-3-14)11(19)16(12)10(7)13(20)21;3-1-2-4/h9,12H,2,4-5H2,1H3,(H,15,18)(H,20,21);4H,1-3H2/t9-,12-;/m1./s1. The summed E-state index contributed by atoms with van der Waals surface area (Å²) in [7, 11) is 0. The number of fused-ring (bicyclic) bond motifs is 1. The van der Waals surface area contributed by atoms with Gasteiger partial charge in [-0.3, -0.25) is 19.3 Å². The first-order chi connectivity index (χ1) is 12.8. The number of hydrogen-bond donors (Lipinski definition) is 4. The zero-order chi connectivity index (χ0) is 20.6. The van der Waals surface area contributed by atoms with Gasteiger partial charge in [0.25, 0.3) is 5.91 Å². The van der Waals surface area contributed by atoms with E-state index in [4.69, 9.17) is 20.8 Å². The third kappa shape index (κ3) is 5.68. The Hall–Kier alpha value is -2.62. The highest BCUT2D eigenvalue weighted by Crippen LogP contribution is 2.40. The first-order valence-electron chi connectivity index (χ1n) is 7.79. The van der Waals surface area contributed by atoms with Crippen molar-refractivity contribution in [1.29, 1.82) is 5.26 Å². The summed E-state index contributed by atoms with van der Waals surface area (Å²) in [5.41, 5.74) is 4.88. The fraction of sp³-hybridized carbons (Fsp3) is 0.533. The molecule has 1 saturated heterocycles. The Bertz CT molecular complexity index is 686. The molecule has 5 N–H and O–H groups in total.